The largest absolute Gasteiger partial charge is 0.484 e. The van der Waals surface area contributed by atoms with E-state index in [9.17, 15) is 18.0 Å². The van der Waals surface area contributed by atoms with Crippen LogP contribution in [0.15, 0.2) is 53.4 Å². The average Bonchev–Trinajstić information content (AvgIpc) is 2.71. The molecular weight excluding hydrogens is 434 g/mol. The Kier molecular flexibility index (Phi) is 8.22. The van der Waals surface area contributed by atoms with Crippen molar-refractivity contribution < 1.29 is 31.7 Å². The molecule has 2 aromatic rings. The molecule has 1 N–H and O–H groups in total. The lowest BCUT2D eigenvalue weighted by Crippen LogP contribution is -2.50. The molecule has 30 heavy (non-hydrogen) atoms. The van der Waals surface area contributed by atoms with Crippen LogP contribution in [0.2, 0.25) is 5.02 Å². The third kappa shape index (κ3) is 6.72. The third-order valence-electron chi connectivity index (χ3n) is 4.01. The normalized spacial score (nSPS) is 13.2. The highest BCUT2D eigenvalue weighted by atomic mass is 35.5. The van der Waals surface area contributed by atoms with Crippen molar-refractivity contribution in [3.05, 3.63) is 59.1 Å². The van der Waals surface area contributed by atoms with Gasteiger partial charge in [0, 0.05) is 5.02 Å². The van der Waals surface area contributed by atoms with E-state index in [4.69, 9.17) is 20.5 Å². The molecule has 0 aliphatic rings. The summed E-state index contributed by atoms with van der Waals surface area (Å²) in [5.74, 6) is -1.12. The van der Waals surface area contributed by atoms with Crippen molar-refractivity contribution in [3.8, 4) is 5.75 Å². The maximum Gasteiger partial charge on any atom is 0.331 e. The lowest BCUT2D eigenvalue weighted by Gasteiger charge is -2.23. The molecule has 1 amide bonds. The highest BCUT2D eigenvalue weighted by molar-refractivity contribution is 7.86. The van der Waals surface area contributed by atoms with Crippen molar-refractivity contribution in [2.45, 2.75) is 30.9 Å². The number of rotatable bonds is 9. The first-order chi connectivity index (χ1) is 14.1. The zero-order valence-corrected chi connectivity index (χ0v) is 18.2. The minimum absolute atomic E-state index is 0.0686. The molecule has 8 nitrogen and oxygen atoms in total. The number of aryl methyl sites for hydroxylation is 1. The number of carbonyl (C=O) groups is 2. The Labute approximate surface area is 180 Å². The van der Waals surface area contributed by atoms with Crippen molar-refractivity contribution in [2.24, 2.45) is 0 Å². The Morgan fingerprint density at radius 1 is 1.07 bits per heavy atom. The zero-order chi connectivity index (χ0) is 22.3. The van der Waals surface area contributed by atoms with Gasteiger partial charge in [-0.3, -0.25) is 8.98 Å². The Bertz CT molecular complexity index is 975. The summed E-state index contributed by atoms with van der Waals surface area (Å²) in [5, 5.41) is 2.89. The van der Waals surface area contributed by atoms with Crippen molar-refractivity contribution in [1.29, 1.82) is 0 Å². The molecule has 0 aliphatic carbocycles. The molecule has 0 radical (unpaired) electrons. The number of ether oxygens (including phenoxy) is 2. The van der Waals surface area contributed by atoms with Crippen LogP contribution >= 0.6 is 11.6 Å². The number of hydrogen-bond donors (Lipinski definition) is 1. The number of carbonyl (C=O) groups excluding carboxylic acids is 2. The first-order valence-corrected chi connectivity index (χ1v) is 10.7. The van der Waals surface area contributed by atoms with Crippen LogP contribution in [0.4, 0.5) is 0 Å². The van der Waals surface area contributed by atoms with E-state index in [1.54, 1.807) is 36.4 Å². The summed E-state index contributed by atoms with van der Waals surface area (Å²) in [4.78, 5) is 24.2. The van der Waals surface area contributed by atoms with Crippen LogP contribution < -0.4 is 10.1 Å². The number of hydrogen-bond acceptors (Lipinski definition) is 7. The van der Waals surface area contributed by atoms with Gasteiger partial charge in [-0.15, -0.1) is 0 Å². The van der Waals surface area contributed by atoms with E-state index in [1.165, 1.54) is 19.1 Å². The highest BCUT2D eigenvalue weighted by Crippen LogP contribution is 2.17. The quantitative estimate of drug-likeness (QED) is 0.457. The van der Waals surface area contributed by atoms with E-state index in [2.05, 4.69) is 10.1 Å². The topological polar surface area (TPSA) is 108 Å². The SMILES string of the molecule is COC(=O)[C@@H](NC(=O)COc1ccc(Cl)cc1)C(C)OS(=O)(=O)c1ccc(C)cc1. The second-order valence-electron chi connectivity index (χ2n) is 6.38. The smallest absolute Gasteiger partial charge is 0.331 e. The molecule has 0 saturated heterocycles. The van der Waals surface area contributed by atoms with Gasteiger partial charge in [-0.1, -0.05) is 29.3 Å². The number of benzene rings is 2. The van der Waals surface area contributed by atoms with E-state index < -0.39 is 40.7 Å². The predicted molar refractivity (Wildman–Crippen MR) is 110 cm³/mol. The second kappa shape index (κ2) is 10.4. The Balaban J connectivity index is 2.04. The summed E-state index contributed by atoms with van der Waals surface area (Å²) in [6, 6.07) is 11.0. The van der Waals surface area contributed by atoms with Crippen LogP contribution in [0, 0.1) is 6.92 Å². The van der Waals surface area contributed by atoms with Gasteiger partial charge in [-0.2, -0.15) is 8.42 Å². The molecule has 0 bridgehead atoms. The van der Waals surface area contributed by atoms with E-state index in [0.717, 1.165) is 12.7 Å². The van der Waals surface area contributed by atoms with Crippen LogP contribution in [0.5, 0.6) is 5.75 Å². The van der Waals surface area contributed by atoms with Crippen molar-refractivity contribution >= 4 is 33.6 Å². The molecular formula is C20H22ClNO7S. The van der Waals surface area contributed by atoms with Gasteiger partial charge in [0.25, 0.3) is 16.0 Å². The van der Waals surface area contributed by atoms with Gasteiger partial charge < -0.3 is 14.8 Å². The first-order valence-electron chi connectivity index (χ1n) is 8.88. The first kappa shape index (κ1) is 23.7. The maximum absolute atomic E-state index is 12.5. The number of halogens is 1. The predicted octanol–water partition coefficient (Wildman–Crippen LogP) is 2.48. The maximum atomic E-state index is 12.5. The van der Waals surface area contributed by atoms with E-state index in [-0.39, 0.29) is 4.90 Å². The minimum atomic E-state index is -4.16. The van der Waals surface area contributed by atoms with Gasteiger partial charge in [0.05, 0.1) is 12.0 Å². The summed E-state index contributed by atoms with van der Waals surface area (Å²) < 4.78 is 40.0. The van der Waals surface area contributed by atoms with Crippen LogP contribution in [-0.4, -0.2) is 46.2 Å². The van der Waals surface area contributed by atoms with Crippen LogP contribution in [0.25, 0.3) is 0 Å². The highest BCUT2D eigenvalue weighted by Gasteiger charge is 2.32. The monoisotopic (exact) mass is 455 g/mol. The summed E-state index contributed by atoms with van der Waals surface area (Å²) in [5.41, 5.74) is 0.877. The van der Waals surface area contributed by atoms with Crippen molar-refractivity contribution in [3.63, 3.8) is 0 Å². The molecule has 0 fully saturated rings. The van der Waals surface area contributed by atoms with Crippen molar-refractivity contribution in [2.75, 3.05) is 13.7 Å². The Morgan fingerprint density at radius 2 is 1.67 bits per heavy atom. The Hall–Kier alpha value is -2.62. The molecule has 2 atom stereocenters. The summed E-state index contributed by atoms with van der Waals surface area (Å²) in [6.45, 7) is 2.75. The Morgan fingerprint density at radius 3 is 2.23 bits per heavy atom. The zero-order valence-electron chi connectivity index (χ0n) is 16.6. The molecule has 1 unspecified atom stereocenters. The van der Waals surface area contributed by atoms with E-state index in [1.807, 2.05) is 6.92 Å². The van der Waals surface area contributed by atoms with Gasteiger partial charge in [0.1, 0.15) is 11.9 Å². The fraction of sp³-hybridized carbons (Fsp3) is 0.300. The van der Waals surface area contributed by atoms with Gasteiger partial charge >= 0.3 is 5.97 Å². The second-order valence-corrected chi connectivity index (χ2v) is 8.39. The van der Waals surface area contributed by atoms with Gasteiger partial charge in [0.15, 0.2) is 12.6 Å². The summed E-state index contributed by atoms with van der Waals surface area (Å²) in [6.07, 6.45) is -1.23. The number of amides is 1. The van der Waals surface area contributed by atoms with Gasteiger partial charge in [-0.05, 0) is 50.2 Å². The fourth-order valence-electron chi connectivity index (χ4n) is 2.41. The molecule has 162 valence electrons. The molecule has 2 aromatic carbocycles. The number of esters is 1. The van der Waals surface area contributed by atoms with Crippen LogP contribution in [0.3, 0.4) is 0 Å². The van der Waals surface area contributed by atoms with Crippen molar-refractivity contribution in [1.82, 2.24) is 5.32 Å². The van der Waals surface area contributed by atoms with Crippen LogP contribution in [-0.2, 0) is 28.6 Å². The molecule has 0 aromatic heterocycles. The summed E-state index contributed by atoms with van der Waals surface area (Å²) >= 11 is 5.78. The molecule has 0 aliphatic heterocycles. The molecule has 2 rings (SSSR count). The molecule has 0 saturated carbocycles. The number of methoxy groups -OCH3 is 1. The lowest BCUT2D eigenvalue weighted by molar-refractivity contribution is -0.147. The van der Waals surface area contributed by atoms with Crippen LogP contribution in [0.1, 0.15) is 12.5 Å². The molecule has 0 spiro atoms. The third-order valence-corrected chi connectivity index (χ3v) is 5.67. The minimum Gasteiger partial charge on any atom is -0.484 e. The molecule has 10 heteroatoms. The lowest BCUT2D eigenvalue weighted by atomic mass is 10.2. The van der Waals surface area contributed by atoms with Gasteiger partial charge in [0.2, 0.25) is 0 Å². The fourth-order valence-corrected chi connectivity index (χ4v) is 3.62. The standard InChI is InChI=1S/C20H22ClNO7S/c1-13-4-10-17(11-5-13)30(25,26)29-14(2)19(20(24)27-3)22-18(23)12-28-16-8-6-15(21)7-9-16/h4-11,14,19H,12H2,1-3H3,(H,22,23)/t14?,19-/m0/s1. The average molecular weight is 456 g/mol. The summed E-state index contributed by atoms with van der Waals surface area (Å²) in [7, 11) is -3.04. The van der Waals surface area contributed by atoms with E-state index in [0.29, 0.717) is 10.8 Å². The molecule has 0 heterocycles. The van der Waals surface area contributed by atoms with E-state index >= 15 is 0 Å². The number of nitrogens with one attached hydrogen (secondary N) is 1. The van der Waals surface area contributed by atoms with Gasteiger partial charge in [-0.25, -0.2) is 4.79 Å².